The molecule has 18 heavy (non-hydrogen) atoms. The molecule has 0 radical (unpaired) electrons. The lowest BCUT2D eigenvalue weighted by atomic mass is 10.3. The Balaban J connectivity index is 2.20. The van der Waals surface area contributed by atoms with Crippen LogP contribution in [-0.2, 0) is 6.54 Å². The maximum absolute atomic E-state index is 6.06. The molecule has 0 aliphatic rings. The van der Waals surface area contributed by atoms with Gasteiger partial charge in [0.2, 0.25) is 5.95 Å². The number of hydrogen-bond acceptors (Lipinski definition) is 6. The minimum Gasteiger partial charge on any atom is -0.352 e. The second-order valence-corrected chi connectivity index (χ2v) is 4.09. The molecular weight excluding hydrogens is 252 g/mol. The number of hydrogen-bond donors (Lipinski definition) is 2. The summed E-state index contributed by atoms with van der Waals surface area (Å²) in [5, 5.41) is 0.465. The molecule has 2 aromatic rings. The summed E-state index contributed by atoms with van der Waals surface area (Å²) in [6.07, 6.45) is 3.26. The molecule has 2 rings (SSSR count). The number of nitrogen functional groups attached to an aromatic ring is 1. The van der Waals surface area contributed by atoms with Crippen molar-refractivity contribution in [2.45, 2.75) is 6.54 Å². The van der Waals surface area contributed by atoms with Crippen LogP contribution in [0.3, 0.4) is 0 Å². The minimum absolute atomic E-state index is 0.322. The van der Waals surface area contributed by atoms with Crippen LogP contribution >= 0.6 is 11.6 Å². The van der Waals surface area contributed by atoms with E-state index in [1.54, 1.807) is 6.20 Å². The van der Waals surface area contributed by atoms with Gasteiger partial charge in [0, 0.05) is 13.2 Å². The van der Waals surface area contributed by atoms with E-state index in [1.165, 1.54) is 6.20 Å². The lowest BCUT2D eigenvalue weighted by Crippen LogP contribution is -2.20. The molecule has 3 N–H and O–H groups in total. The zero-order valence-corrected chi connectivity index (χ0v) is 10.6. The Bertz CT molecular complexity index is 518. The van der Waals surface area contributed by atoms with E-state index in [1.807, 2.05) is 30.1 Å². The van der Waals surface area contributed by atoms with Gasteiger partial charge in [-0.3, -0.25) is 10.4 Å². The summed E-state index contributed by atoms with van der Waals surface area (Å²) in [7, 11) is 1.88. The van der Waals surface area contributed by atoms with E-state index in [2.05, 4.69) is 20.4 Å². The van der Waals surface area contributed by atoms with Crippen LogP contribution in [0.2, 0.25) is 5.02 Å². The Labute approximate surface area is 110 Å². The number of nitrogens with zero attached hydrogens (tertiary/aromatic N) is 4. The monoisotopic (exact) mass is 264 g/mol. The topological polar surface area (TPSA) is 80.0 Å². The lowest BCUT2D eigenvalue weighted by Gasteiger charge is -2.19. The first kappa shape index (κ1) is 12.5. The Kier molecular flexibility index (Phi) is 3.91. The van der Waals surface area contributed by atoms with Crippen molar-refractivity contribution in [1.29, 1.82) is 0 Å². The first-order valence-corrected chi connectivity index (χ1v) is 5.68. The van der Waals surface area contributed by atoms with Gasteiger partial charge in [0.25, 0.3) is 0 Å². The molecule has 0 fully saturated rings. The van der Waals surface area contributed by atoms with Crippen LogP contribution in [0.4, 0.5) is 11.8 Å². The summed E-state index contributed by atoms with van der Waals surface area (Å²) >= 11 is 6.06. The van der Waals surface area contributed by atoms with E-state index in [-0.39, 0.29) is 0 Å². The quantitative estimate of drug-likeness (QED) is 0.643. The summed E-state index contributed by atoms with van der Waals surface area (Å²) < 4.78 is 0. The highest BCUT2D eigenvalue weighted by atomic mass is 35.5. The third-order valence-electron chi connectivity index (χ3n) is 2.34. The fraction of sp³-hybridized carbons (Fsp3) is 0.182. The molecule has 2 aromatic heterocycles. The predicted octanol–water partition coefficient (Wildman–Crippen LogP) is 1.45. The zero-order chi connectivity index (χ0) is 13.0. The molecule has 2 heterocycles. The van der Waals surface area contributed by atoms with E-state index < -0.39 is 0 Å². The molecule has 0 saturated heterocycles. The van der Waals surface area contributed by atoms with Crippen molar-refractivity contribution in [2.24, 2.45) is 5.84 Å². The average Bonchev–Trinajstić information content (AvgIpc) is 2.40. The number of nitrogens with one attached hydrogen (secondary N) is 1. The highest BCUT2D eigenvalue weighted by Gasteiger charge is 2.10. The highest BCUT2D eigenvalue weighted by Crippen LogP contribution is 2.23. The molecule has 0 unspecified atom stereocenters. The van der Waals surface area contributed by atoms with Crippen molar-refractivity contribution >= 4 is 23.4 Å². The van der Waals surface area contributed by atoms with Gasteiger partial charge in [0.05, 0.1) is 18.4 Å². The van der Waals surface area contributed by atoms with Gasteiger partial charge in [-0.1, -0.05) is 17.7 Å². The molecule has 0 spiro atoms. The molecule has 0 bridgehead atoms. The van der Waals surface area contributed by atoms with Crippen molar-refractivity contribution in [1.82, 2.24) is 15.0 Å². The Morgan fingerprint density at radius 1 is 1.39 bits per heavy atom. The molecule has 0 saturated carbocycles. The van der Waals surface area contributed by atoms with E-state index in [9.17, 15) is 0 Å². The van der Waals surface area contributed by atoms with Crippen molar-refractivity contribution in [3.05, 3.63) is 41.3 Å². The fourth-order valence-corrected chi connectivity index (χ4v) is 1.74. The molecular formula is C11H13ClN6. The standard InChI is InChI=1S/C11H13ClN6/c1-18(7-8-4-2-3-5-14-8)10-9(12)6-15-11(16-10)17-13/h2-6H,7,13H2,1H3,(H,15,16,17). The first-order chi connectivity index (χ1) is 8.70. The third kappa shape index (κ3) is 2.85. The summed E-state index contributed by atoms with van der Waals surface area (Å²) in [6, 6.07) is 5.75. The number of anilines is 2. The number of rotatable bonds is 4. The van der Waals surface area contributed by atoms with Crippen LogP contribution in [0.25, 0.3) is 0 Å². The van der Waals surface area contributed by atoms with E-state index in [0.29, 0.717) is 23.3 Å². The predicted molar refractivity (Wildman–Crippen MR) is 71.2 cm³/mol. The van der Waals surface area contributed by atoms with Crippen LogP contribution in [-0.4, -0.2) is 22.0 Å². The Morgan fingerprint density at radius 2 is 2.22 bits per heavy atom. The van der Waals surface area contributed by atoms with E-state index in [4.69, 9.17) is 17.4 Å². The van der Waals surface area contributed by atoms with Gasteiger partial charge >= 0.3 is 0 Å². The van der Waals surface area contributed by atoms with Crippen LogP contribution in [0, 0.1) is 0 Å². The SMILES string of the molecule is CN(Cc1ccccn1)c1nc(NN)ncc1Cl. The number of nitrogens with two attached hydrogens (primary N) is 1. The van der Waals surface area contributed by atoms with Crippen LogP contribution in [0.1, 0.15) is 5.69 Å². The van der Waals surface area contributed by atoms with Crippen LogP contribution < -0.4 is 16.2 Å². The van der Waals surface area contributed by atoms with Gasteiger partial charge in [0.15, 0.2) is 5.82 Å². The normalized spacial score (nSPS) is 10.2. The van der Waals surface area contributed by atoms with Crippen LogP contribution in [0.15, 0.2) is 30.6 Å². The summed E-state index contributed by atoms with van der Waals surface area (Å²) in [4.78, 5) is 14.3. The van der Waals surface area contributed by atoms with Gasteiger partial charge in [-0.2, -0.15) is 4.98 Å². The largest absolute Gasteiger partial charge is 0.352 e. The molecule has 0 aliphatic carbocycles. The van der Waals surface area contributed by atoms with Crippen molar-refractivity contribution in [2.75, 3.05) is 17.4 Å². The third-order valence-corrected chi connectivity index (χ3v) is 2.61. The zero-order valence-electron chi connectivity index (χ0n) is 9.84. The van der Waals surface area contributed by atoms with E-state index in [0.717, 1.165) is 5.69 Å². The number of hydrazine groups is 1. The molecule has 94 valence electrons. The molecule has 6 nitrogen and oxygen atoms in total. The second-order valence-electron chi connectivity index (χ2n) is 3.69. The molecule has 0 aliphatic heterocycles. The lowest BCUT2D eigenvalue weighted by molar-refractivity contribution is 0.861. The number of halogens is 1. The van der Waals surface area contributed by atoms with Gasteiger partial charge < -0.3 is 4.90 Å². The second kappa shape index (κ2) is 5.61. The summed E-state index contributed by atoms with van der Waals surface area (Å²) in [6.45, 7) is 0.599. The number of pyridine rings is 1. The number of aromatic nitrogens is 3. The average molecular weight is 265 g/mol. The van der Waals surface area contributed by atoms with E-state index >= 15 is 0 Å². The van der Waals surface area contributed by atoms with Gasteiger partial charge in [-0.15, -0.1) is 0 Å². The van der Waals surface area contributed by atoms with Crippen molar-refractivity contribution < 1.29 is 0 Å². The van der Waals surface area contributed by atoms with Crippen molar-refractivity contribution in [3.63, 3.8) is 0 Å². The van der Waals surface area contributed by atoms with Crippen LogP contribution in [0.5, 0.6) is 0 Å². The van der Waals surface area contributed by atoms with Gasteiger partial charge in [-0.25, -0.2) is 10.8 Å². The Hall–Kier alpha value is -1.92. The first-order valence-electron chi connectivity index (χ1n) is 5.31. The molecule has 7 heteroatoms. The highest BCUT2D eigenvalue weighted by molar-refractivity contribution is 6.32. The minimum atomic E-state index is 0.322. The maximum Gasteiger partial charge on any atom is 0.239 e. The van der Waals surface area contributed by atoms with Crippen molar-refractivity contribution in [3.8, 4) is 0 Å². The van der Waals surface area contributed by atoms with Gasteiger partial charge in [0.1, 0.15) is 5.02 Å². The Morgan fingerprint density at radius 3 is 2.89 bits per heavy atom. The van der Waals surface area contributed by atoms with Gasteiger partial charge in [-0.05, 0) is 12.1 Å². The molecule has 0 atom stereocenters. The summed E-state index contributed by atoms with van der Waals surface area (Å²) in [5.74, 6) is 6.20. The fourth-order valence-electron chi connectivity index (χ4n) is 1.50. The smallest absolute Gasteiger partial charge is 0.239 e. The molecule has 0 amide bonds. The maximum atomic E-state index is 6.06. The summed E-state index contributed by atoms with van der Waals surface area (Å²) in [5.41, 5.74) is 3.32. The molecule has 0 aromatic carbocycles.